The number of benzene rings is 2. The van der Waals surface area contributed by atoms with Crippen LogP contribution in [0.5, 0.6) is 5.75 Å². The van der Waals surface area contributed by atoms with E-state index in [0.717, 1.165) is 22.4 Å². The second-order valence-corrected chi connectivity index (χ2v) is 7.49. The Kier molecular flexibility index (Phi) is 6.29. The minimum absolute atomic E-state index is 0.00119. The summed E-state index contributed by atoms with van der Waals surface area (Å²) in [6.45, 7) is 0.451. The molecule has 2 aromatic rings. The number of ether oxygens (including phenoxy) is 2. The Hall–Kier alpha value is -2.18. The zero-order chi connectivity index (χ0) is 19.4. The molecule has 0 spiro atoms. The molecule has 0 saturated heterocycles. The van der Waals surface area contributed by atoms with Gasteiger partial charge in [-0.25, -0.2) is 4.79 Å². The lowest BCUT2D eigenvalue weighted by molar-refractivity contribution is -0.118. The van der Waals surface area contributed by atoms with Gasteiger partial charge in [0.15, 0.2) is 0 Å². The molecule has 0 bridgehead atoms. The predicted molar refractivity (Wildman–Crippen MR) is 108 cm³/mol. The van der Waals surface area contributed by atoms with Crippen molar-refractivity contribution in [3.63, 3.8) is 0 Å². The van der Waals surface area contributed by atoms with Gasteiger partial charge in [-0.05, 0) is 36.1 Å². The van der Waals surface area contributed by atoms with Crippen LogP contribution in [0.2, 0.25) is 5.02 Å². The fourth-order valence-corrected chi connectivity index (χ4v) is 3.64. The van der Waals surface area contributed by atoms with Crippen LogP contribution in [0, 0.1) is 0 Å². The topological polar surface area (TPSA) is 64.6 Å². The van der Waals surface area contributed by atoms with Gasteiger partial charge in [-0.15, -0.1) is 0 Å². The Labute approximate surface area is 167 Å². The summed E-state index contributed by atoms with van der Waals surface area (Å²) in [7, 11) is 1.35. The van der Waals surface area contributed by atoms with Crippen molar-refractivity contribution in [2.24, 2.45) is 0 Å². The number of thioether (sulfide) groups is 1. The molecular weight excluding hydrogens is 386 g/mol. The highest BCUT2D eigenvalue weighted by atomic mass is 35.5. The minimum atomic E-state index is -0.379. The molecule has 142 valence electrons. The van der Waals surface area contributed by atoms with Crippen LogP contribution in [0.4, 0.5) is 0 Å². The van der Waals surface area contributed by atoms with Crippen LogP contribution in [-0.2, 0) is 16.0 Å². The van der Waals surface area contributed by atoms with Gasteiger partial charge in [0.2, 0.25) is 5.91 Å². The highest BCUT2D eigenvalue weighted by molar-refractivity contribution is 7.99. The Bertz CT molecular complexity index is 854. The van der Waals surface area contributed by atoms with E-state index in [2.05, 4.69) is 5.32 Å². The molecule has 7 heteroatoms. The zero-order valence-corrected chi connectivity index (χ0v) is 16.7. The summed E-state index contributed by atoms with van der Waals surface area (Å²) in [5.74, 6) is 0.826. The number of hydrogen-bond donors (Lipinski definition) is 1. The summed E-state index contributed by atoms with van der Waals surface area (Å²) in [4.78, 5) is 23.3. The van der Waals surface area contributed by atoms with Gasteiger partial charge in [0.05, 0.1) is 25.0 Å². The lowest BCUT2D eigenvalue weighted by Gasteiger charge is -2.14. The molecule has 1 aliphatic rings. The maximum atomic E-state index is 11.7. The number of nitrogens with one attached hydrogen (secondary N) is 1. The first-order valence-corrected chi connectivity index (χ1v) is 10.2. The molecule has 1 aliphatic heterocycles. The van der Waals surface area contributed by atoms with E-state index in [0.29, 0.717) is 29.3 Å². The molecule has 27 heavy (non-hydrogen) atoms. The van der Waals surface area contributed by atoms with Crippen LogP contribution >= 0.6 is 23.4 Å². The summed E-state index contributed by atoms with van der Waals surface area (Å²) in [6.07, 6.45) is 2.45. The number of esters is 1. The van der Waals surface area contributed by atoms with Gasteiger partial charge >= 0.3 is 5.97 Å². The van der Waals surface area contributed by atoms with Gasteiger partial charge in [0.25, 0.3) is 0 Å². The van der Waals surface area contributed by atoms with Crippen LogP contribution in [0.1, 0.15) is 15.9 Å². The van der Waals surface area contributed by atoms with Crippen molar-refractivity contribution >= 4 is 35.2 Å². The van der Waals surface area contributed by atoms with Gasteiger partial charge < -0.3 is 14.8 Å². The van der Waals surface area contributed by atoms with Crippen molar-refractivity contribution in [2.75, 3.05) is 25.7 Å². The molecule has 1 amide bonds. The van der Waals surface area contributed by atoms with Crippen LogP contribution in [0.15, 0.2) is 36.4 Å². The van der Waals surface area contributed by atoms with Gasteiger partial charge in [-0.2, -0.15) is 11.8 Å². The molecule has 0 saturated carbocycles. The largest absolute Gasteiger partial charge is 0.487 e. The molecule has 0 aromatic heterocycles. The number of fused-ring (bicyclic) bond motifs is 1. The van der Waals surface area contributed by atoms with Crippen LogP contribution in [0.3, 0.4) is 0 Å². The Morgan fingerprint density at radius 3 is 2.70 bits per heavy atom. The van der Waals surface area contributed by atoms with Gasteiger partial charge in [-0.1, -0.05) is 23.7 Å². The maximum absolute atomic E-state index is 11.7. The molecule has 1 atom stereocenters. The van der Waals surface area contributed by atoms with E-state index in [-0.39, 0.29) is 18.0 Å². The SMILES string of the molecule is COC(=O)c1ccc(-c2cc(Cl)cc3c2O[C@H](CNC(=O)CSC)C3)cc1. The van der Waals surface area contributed by atoms with Crippen molar-refractivity contribution in [2.45, 2.75) is 12.5 Å². The van der Waals surface area contributed by atoms with E-state index < -0.39 is 0 Å². The number of amides is 1. The summed E-state index contributed by atoms with van der Waals surface area (Å²) in [5, 5.41) is 3.51. The fourth-order valence-electron chi connectivity index (χ4n) is 3.04. The number of hydrogen-bond acceptors (Lipinski definition) is 5. The number of carbonyl (C=O) groups excluding carboxylic acids is 2. The van der Waals surface area contributed by atoms with Crippen LogP contribution in [-0.4, -0.2) is 43.6 Å². The van der Waals surface area contributed by atoms with Crippen LogP contribution < -0.4 is 10.1 Å². The van der Waals surface area contributed by atoms with Crippen molar-refractivity contribution in [1.82, 2.24) is 5.32 Å². The Morgan fingerprint density at radius 1 is 1.30 bits per heavy atom. The summed E-state index contributed by atoms with van der Waals surface area (Å²) >= 11 is 7.78. The molecule has 0 unspecified atom stereocenters. The fraction of sp³-hybridized carbons (Fsp3) is 0.300. The zero-order valence-electron chi connectivity index (χ0n) is 15.1. The van der Waals surface area contributed by atoms with E-state index in [1.54, 1.807) is 12.1 Å². The van der Waals surface area contributed by atoms with Crippen molar-refractivity contribution in [3.8, 4) is 16.9 Å². The Balaban J connectivity index is 1.80. The van der Waals surface area contributed by atoms with Crippen molar-refractivity contribution < 1.29 is 19.1 Å². The summed E-state index contributed by atoms with van der Waals surface area (Å²) in [5.41, 5.74) is 3.26. The number of halogens is 1. The first-order chi connectivity index (χ1) is 13.0. The Morgan fingerprint density at radius 2 is 2.04 bits per heavy atom. The number of rotatable bonds is 6. The lowest BCUT2D eigenvalue weighted by Crippen LogP contribution is -2.35. The maximum Gasteiger partial charge on any atom is 0.337 e. The molecule has 0 radical (unpaired) electrons. The standard InChI is InChI=1S/C20H20ClNO4S/c1-25-20(24)13-5-3-12(4-6-13)17-9-15(21)7-14-8-16(26-19(14)17)10-22-18(23)11-27-2/h3-7,9,16H,8,10-11H2,1-2H3,(H,22,23)/t16-/m0/s1. The van der Waals surface area contributed by atoms with Gasteiger partial charge in [-0.3, -0.25) is 4.79 Å². The average molecular weight is 406 g/mol. The molecule has 1 N–H and O–H groups in total. The number of methoxy groups -OCH3 is 1. The molecule has 1 heterocycles. The van der Waals surface area contributed by atoms with Crippen LogP contribution in [0.25, 0.3) is 11.1 Å². The normalized spacial score (nSPS) is 15.0. The third-order valence-corrected chi connectivity index (χ3v) is 5.05. The summed E-state index contributed by atoms with van der Waals surface area (Å²) in [6, 6.07) is 10.9. The lowest BCUT2D eigenvalue weighted by atomic mass is 9.99. The van der Waals surface area contributed by atoms with E-state index in [1.165, 1.54) is 18.9 Å². The van der Waals surface area contributed by atoms with E-state index in [9.17, 15) is 9.59 Å². The first-order valence-electron chi connectivity index (χ1n) is 8.45. The molecule has 5 nitrogen and oxygen atoms in total. The highest BCUT2D eigenvalue weighted by Gasteiger charge is 2.27. The van der Waals surface area contributed by atoms with E-state index >= 15 is 0 Å². The van der Waals surface area contributed by atoms with E-state index in [1.807, 2.05) is 30.5 Å². The first kappa shape index (κ1) is 19.6. The minimum Gasteiger partial charge on any atom is -0.487 e. The second-order valence-electron chi connectivity index (χ2n) is 6.19. The van der Waals surface area contributed by atoms with Crippen molar-refractivity contribution in [3.05, 3.63) is 52.5 Å². The van der Waals surface area contributed by atoms with Gasteiger partial charge in [0.1, 0.15) is 11.9 Å². The quantitative estimate of drug-likeness (QED) is 0.744. The highest BCUT2D eigenvalue weighted by Crippen LogP contribution is 2.41. The molecule has 2 aromatic carbocycles. The third-order valence-electron chi connectivity index (χ3n) is 4.28. The molecule has 0 aliphatic carbocycles. The predicted octanol–water partition coefficient (Wildman–Crippen LogP) is 3.58. The third kappa shape index (κ3) is 4.57. The molecule has 3 rings (SSSR count). The van der Waals surface area contributed by atoms with Crippen molar-refractivity contribution in [1.29, 1.82) is 0 Å². The monoisotopic (exact) mass is 405 g/mol. The smallest absolute Gasteiger partial charge is 0.337 e. The molecular formula is C20H20ClNO4S. The second kappa shape index (κ2) is 8.67. The van der Waals surface area contributed by atoms with Gasteiger partial charge in [0, 0.05) is 22.6 Å². The average Bonchev–Trinajstić information content (AvgIpc) is 3.08. The number of carbonyl (C=O) groups is 2. The van der Waals surface area contributed by atoms with E-state index in [4.69, 9.17) is 21.1 Å². The molecule has 0 fully saturated rings. The summed E-state index contributed by atoms with van der Waals surface area (Å²) < 4.78 is 10.8.